The number of benzene rings is 2. The monoisotopic (exact) mass is 332 g/mol. The number of nitrogens with zero attached hydrogens (tertiary/aromatic N) is 1. The van der Waals surface area contributed by atoms with E-state index in [1.807, 2.05) is 6.92 Å². The van der Waals surface area contributed by atoms with Crippen LogP contribution in [0.1, 0.15) is 18.9 Å². The van der Waals surface area contributed by atoms with Gasteiger partial charge in [-0.25, -0.2) is 5.43 Å². The van der Waals surface area contributed by atoms with Gasteiger partial charge < -0.3 is 9.84 Å². The molecular weight excluding hydrogens is 316 g/mol. The van der Waals surface area contributed by atoms with E-state index in [0.717, 1.165) is 0 Å². The van der Waals surface area contributed by atoms with Crippen LogP contribution in [0.5, 0.6) is 11.5 Å². The number of hydrogen-bond donors (Lipinski definition) is 2. The molecule has 2 aromatic carbocycles. The smallest absolute Gasteiger partial charge is 0.281 e. The van der Waals surface area contributed by atoms with E-state index in [9.17, 15) is 9.90 Å². The van der Waals surface area contributed by atoms with E-state index in [-0.39, 0.29) is 11.7 Å². The molecule has 0 fully saturated rings. The number of phenolic OH excluding ortho intramolecular Hbond substituents is 1. The van der Waals surface area contributed by atoms with Crippen LogP contribution in [0.4, 0.5) is 0 Å². The maximum absolute atomic E-state index is 12.1. The zero-order chi connectivity index (χ0) is 16.7. The molecule has 0 heterocycles. The standard InChI is InChI=1S/C17H17ClN2O3/c1-2-16(23-14-9-7-13(18)8-10-14)17(22)20-19-11-12-5-3-4-6-15(12)21/h3-11,16,21H,2H2,1H3,(H,20,22)/b19-11+. The fourth-order valence-electron chi connectivity index (χ4n) is 1.83. The molecule has 0 aliphatic carbocycles. The highest BCUT2D eigenvalue weighted by atomic mass is 35.5. The summed E-state index contributed by atoms with van der Waals surface area (Å²) in [4.78, 5) is 12.1. The van der Waals surface area contributed by atoms with Crippen LogP contribution >= 0.6 is 11.6 Å². The minimum atomic E-state index is -0.669. The number of carbonyl (C=O) groups is 1. The summed E-state index contributed by atoms with van der Waals surface area (Å²) in [5.74, 6) is 0.283. The molecule has 0 radical (unpaired) electrons. The van der Waals surface area contributed by atoms with Gasteiger partial charge in [-0.1, -0.05) is 30.7 Å². The molecule has 1 unspecified atom stereocenters. The highest BCUT2D eigenvalue weighted by molar-refractivity contribution is 6.30. The number of para-hydroxylation sites is 1. The average molecular weight is 333 g/mol. The van der Waals surface area contributed by atoms with E-state index in [1.54, 1.807) is 48.5 Å². The van der Waals surface area contributed by atoms with E-state index < -0.39 is 6.10 Å². The van der Waals surface area contributed by atoms with Crippen molar-refractivity contribution in [2.24, 2.45) is 5.10 Å². The molecule has 0 aliphatic heterocycles. The lowest BCUT2D eigenvalue weighted by molar-refractivity contribution is -0.128. The Balaban J connectivity index is 1.95. The quantitative estimate of drug-likeness (QED) is 0.629. The Bertz CT molecular complexity index is 686. The predicted octanol–water partition coefficient (Wildman–Crippen LogP) is 3.35. The molecule has 0 aromatic heterocycles. The third-order valence-electron chi connectivity index (χ3n) is 3.07. The van der Waals surface area contributed by atoms with Gasteiger partial charge in [0, 0.05) is 10.6 Å². The van der Waals surface area contributed by atoms with Gasteiger partial charge in [-0.15, -0.1) is 0 Å². The van der Waals surface area contributed by atoms with Crippen molar-refractivity contribution >= 4 is 23.7 Å². The summed E-state index contributed by atoms with van der Waals surface area (Å²) in [5, 5.41) is 14.0. The number of ether oxygens (including phenoxy) is 1. The summed E-state index contributed by atoms with van der Waals surface area (Å²) in [6.45, 7) is 1.84. The highest BCUT2D eigenvalue weighted by Crippen LogP contribution is 2.17. The number of hydrogen-bond acceptors (Lipinski definition) is 4. The lowest BCUT2D eigenvalue weighted by atomic mass is 10.2. The Hall–Kier alpha value is -2.53. The molecule has 5 nitrogen and oxygen atoms in total. The third kappa shape index (κ3) is 5.00. The van der Waals surface area contributed by atoms with Crippen molar-refractivity contribution in [3.8, 4) is 11.5 Å². The summed E-state index contributed by atoms with van der Waals surface area (Å²) in [5.41, 5.74) is 2.92. The van der Waals surface area contributed by atoms with Crippen LogP contribution in [-0.2, 0) is 4.79 Å². The summed E-state index contributed by atoms with van der Waals surface area (Å²) in [6, 6.07) is 13.5. The number of nitrogens with one attached hydrogen (secondary N) is 1. The molecule has 2 rings (SSSR count). The van der Waals surface area contributed by atoms with Gasteiger partial charge in [-0.05, 0) is 42.8 Å². The van der Waals surface area contributed by atoms with E-state index in [1.165, 1.54) is 6.21 Å². The van der Waals surface area contributed by atoms with Crippen LogP contribution in [0, 0.1) is 0 Å². The van der Waals surface area contributed by atoms with Gasteiger partial charge in [0.15, 0.2) is 6.10 Å². The summed E-state index contributed by atoms with van der Waals surface area (Å²) < 4.78 is 5.61. The average Bonchev–Trinajstić information content (AvgIpc) is 2.56. The van der Waals surface area contributed by atoms with E-state index in [2.05, 4.69) is 10.5 Å². The van der Waals surface area contributed by atoms with E-state index in [0.29, 0.717) is 22.8 Å². The molecule has 2 aromatic rings. The maximum Gasteiger partial charge on any atom is 0.281 e. The fourth-order valence-corrected chi connectivity index (χ4v) is 1.96. The molecule has 1 amide bonds. The van der Waals surface area contributed by atoms with E-state index in [4.69, 9.17) is 16.3 Å². The largest absolute Gasteiger partial charge is 0.507 e. The Labute approximate surface area is 139 Å². The first kappa shape index (κ1) is 16.8. The Morgan fingerprint density at radius 3 is 2.65 bits per heavy atom. The van der Waals surface area contributed by atoms with Crippen molar-refractivity contribution in [2.75, 3.05) is 0 Å². The van der Waals surface area contributed by atoms with Gasteiger partial charge in [0.2, 0.25) is 0 Å². The van der Waals surface area contributed by atoms with Crippen molar-refractivity contribution in [3.63, 3.8) is 0 Å². The Kier molecular flexibility index (Phi) is 6.00. The number of hydrazone groups is 1. The Morgan fingerprint density at radius 2 is 2.00 bits per heavy atom. The number of carbonyl (C=O) groups excluding carboxylic acids is 1. The van der Waals surface area contributed by atoms with Crippen LogP contribution in [0.2, 0.25) is 5.02 Å². The summed E-state index contributed by atoms with van der Waals surface area (Å²) in [7, 11) is 0. The lowest BCUT2D eigenvalue weighted by Gasteiger charge is -2.15. The second-order valence-corrected chi connectivity index (χ2v) is 5.20. The van der Waals surface area contributed by atoms with E-state index >= 15 is 0 Å². The van der Waals surface area contributed by atoms with Crippen molar-refractivity contribution in [1.82, 2.24) is 5.43 Å². The molecule has 23 heavy (non-hydrogen) atoms. The molecule has 0 spiro atoms. The first-order valence-corrected chi connectivity index (χ1v) is 7.51. The molecule has 6 heteroatoms. The van der Waals surface area contributed by atoms with Gasteiger partial charge in [0.1, 0.15) is 11.5 Å². The van der Waals surface area contributed by atoms with Crippen molar-refractivity contribution in [1.29, 1.82) is 0 Å². The first-order chi connectivity index (χ1) is 11.1. The molecule has 120 valence electrons. The lowest BCUT2D eigenvalue weighted by Crippen LogP contribution is -2.35. The normalized spacial score (nSPS) is 12.1. The van der Waals surface area contributed by atoms with Crippen molar-refractivity contribution in [3.05, 3.63) is 59.1 Å². The number of halogens is 1. The molecule has 0 bridgehead atoms. The Morgan fingerprint density at radius 1 is 1.30 bits per heavy atom. The molecule has 0 saturated heterocycles. The van der Waals surface area contributed by atoms with Gasteiger partial charge >= 0.3 is 0 Å². The topological polar surface area (TPSA) is 70.9 Å². The SMILES string of the molecule is CCC(Oc1ccc(Cl)cc1)C(=O)N/N=C/c1ccccc1O. The first-order valence-electron chi connectivity index (χ1n) is 7.13. The second-order valence-electron chi connectivity index (χ2n) is 4.76. The highest BCUT2D eigenvalue weighted by Gasteiger charge is 2.17. The number of rotatable bonds is 6. The van der Waals surface area contributed by atoms with Crippen LogP contribution in [0.25, 0.3) is 0 Å². The van der Waals surface area contributed by atoms with Gasteiger partial charge in [-0.2, -0.15) is 5.10 Å². The number of phenols is 1. The maximum atomic E-state index is 12.1. The molecule has 1 atom stereocenters. The third-order valence-corrected chi connectivity index (χ3v) is 3.32. The fraction of sp³-hybridized carbons (Fsp3) is 0.176. The van der Waals surface area contributed by atoms with Crippen molar-refractivity contribution in [2.45, 2.75) is 19.4 Å². The summed E-state index contributed by atoms with van der Waals surface area (Å²) in [6.07, 6.45) is 1.20. The zero-order valence-electron chi connectivity index (χ0n) is 12.6. The van der Waals surface area contributed by atoms with Crippen LogP contribution in [-0.4, -0.2) is 23.3 Å². The molecule has 0 saturated carbocycles. The number of aromatic hydroxyl groups is 1. The van der Waals surface area contributed by atoms with Gasteiger partial charge in [0.05, 0.1) is 6.21 Å². The molecule has 2 N–H and O–H groups in total. The van der Waals surface area contributed by atoms with Crippen molar-refractivity contribution < 1.29 is 14.6 Å². The van der Waals surface area contributed by atoms with Gasteiger partial charge in [0.25, 0.3) is 5.91 Å². The zero-order valence-corrected chi connectivity index (χ0v) is 13.3. The minimum Gasteiger partial charge on any atom is -0.507 e. The number of amides is 1. The molecular formula is C17H17ClN2O3. The minimum absolute atomic E-state index is 0.0926. The van der Waals surface area contributed by atoms with Crippen LogP contribution < -0.4 is 10.2 Å². The predicted molar refractivity (Wildman–Crippen MR) is 90.0 cm³/mol. The second kappa shape index (κ2) is 8.19. The molecule has 0 aliphatic rings. The van der Waals surface area contributed by atoms with Crippen LogP contribution in [0.3, 0.4) is 0 Å². The summed E-state index contributed by atoms with van der Waals surface area (Å²) >= 11 is 5.81. The van der Waals surface area contributed by atoms with Gasteiger partial charge in [-0.3, -0.25) is 4.79 Å². The van der Waals surface area contributed by atoms with Crippen LogP contribution in [0.15, 0.2) is 53.6 Å².